The lowest BCUT2D eigenvalue weighted by molar-refractivity contribution is -0.143. The molecule has 0 aromatic heterocycles. The van der Waals surface area contributed by atoms with Crippen LogP contribution in [0.2, 0.25) is 0 Å². The van der Waals surface area contributed by atoms with Crippen LogP contribution >= 0.6 is 0 Å². The molecular weight excluding hydrogens is 370 g/mol. The summed E-state index contributed by atoms with van der Waals surface area (Å²) in [5.41, 5.74) is 3.51. The number of carbonyl (C=O) groups is 3. The van der Waals surface area contributed by atoms with Gasteiger partial charge in [-0.15, -0.1) is 0 Å². The van der Waals surface area contributed by atoms with E-state index >= 15 is 0 Å². The second-order valence-electron chi connectivity index (χ2n) is 7.26. The van der Waals surface area contributed by atoms with Gasteiger partial charge in [-0.3, -0.25) is 14.5 Å². The molecule has 152 valence electrons. The van der Waals surface area contributed by atoms with Crippen LogP contribution < -0.4 is 5.32 Å². The fraction of sp³-hybridized carbons (Fsp3) is 0.318. The molecule has 2 aromatic rings. The maximum atomic E-state index is 13.0. The van der Waals surface area contributed by atoms with Crippen molar-refractivity contribution in [1.82, 2.24) is 9.80 Å². The number of carbonyl (C=O) groups excluding carboxylic acids is 2. The van der Waals surface area contributed by atoms with Gasteiger partial charge >= 0.3 is 6.09 Å². The number of hydrogen-bond donors (Lipinski definition) is 2. The predicted octanol–water partition coefficient (Wildman–Crippen LogP) is 2.68. The topological polar surface area (TPSA) is 90.0 Å². The monoisotopic (exact) mass is 395 g/mol. The Morgan fingerprint density at radius 2 is 1.69 bits per heavy atom. The molecule has 0 radical (unpaired) electrons. The lowest BCUT2D eigenvalue weighted by Gasteiger charge is -2.39. The van der Waals surface area contributed by atoms with Crippen LogP contribution in [-0.2, 0) is 16.0 Å². The van der Waals surface area contributed by atoms with Crippen LogP contribution in [0, 0.1) is 13.8 Å². The quantitative estimate of drug-likeness (QED) is 0.815. The summed E-state index contributed by atoms with van der Waals surface area (Å²) in [6.45, 7) is 4.09. The van der Waals surface area contributed by atoms with E-state index in [1.54, 1.807) is 0 Å². The third-order valence-electron chi connectivity index (χ3n) is 5.18. The molecule has 3 rings (SSSR count). The first kappa shape index (κ1) is 20.4. The van der Waals surface area contributed by atoms with Gasteiger partial charge in [-0.25, -0.2) is 4.79 Å². The summed E-state index contributed by atoms with van der Waals surface area (Å²) in [6.07, 6.45) is -0.847. The van der Waals surface area contributed by atoms with Crippen molar-refractivity contribution >= 4 is 23.6 Å². The number of carboxylic acid groups (broad SMARTS) is 1. The molecule has 29 heavy (non-hydrogen) atoms. The number of rotatable bonds is 5. The van der Waals surface area contributed by atoms with Crippen molar-refractivity contribution in [3.05, 3.63) is 65.2 Å². The molecule has 2 aromatic carbocycles. The Bertz CT molecular complexity index is 893. The predicted molar refractivity (Wildman–Crippen MR) is 110 cm³/mol. The average molecular weight is 395 g/mol. The third-order valence-corrected chi connectivity index (χ3v) is 5.18. The number of para-hydroxylation sites is 1. The Morgan fingerprint density at radius 1 is 1.03 bits per heavy atom. The molecule has 0 bridgehead atoms. The van der Waals surface area contributed by atoms with E-state index in [1.165, 1.54) is 4.90 Å². The van der Waals surface area contributed by atoms with Crippen molar-refractivity contribution in [2.75, 3.05) is 25.0 Å². The number of anilines is 1. The Kier molecular flexibility index (Phi) is 6.16. The molecule has 3 amide bonds. The molecule has 7 heteroatoms. The summed E-state index contributed by atoms with van der Waals surface area (Å²) >= 11 is 0. The summed E-state index contributed by atoms with van der Waals surface area (Å²) in [6, 6.07) is 14.2. The van der Waals surface area contributed by atoms with E-state index in [0.717, 1.165) is 27.3 Å². The summed E-state index contributed by atoms with van der Waals surface area (Å²) in [5.74, 6) is -0.642. The van der Waals surface area contributed by atoms with E-state index in [-0.39, 0.29) is 37.9 Å². The molecule has 1 heterocycles. The van der Waals surface area contributed by atoms with Crippen LogP contribution in [0.1, 0.15) is 16.7 Å². The maximum absolute atomic E-state index is 13.0. The lowest BCUT2D eigenvalue weighted by atomic mass is 10.0. The summed E-state index contributed by atoms with van der Waals surface area (Å²) in [4.78, 5) is 39.8. The van der Waals surface area contributed by atoms with Gasteiger partial charge < -0.3 is 15.3 Å². The molecule has 1 atom stereocenters. The van der Waals surface area contributed by atoms with Gasteiger partial charge in [0.15, 0.2) is 0 Å². The second-order valence-corrected chi connectivity index (χ2v) is 7.26. The van der Waals surface area contributed by atoms with Crippen LogP contribution in [-0.4, -0.2) is 58.5 Å². The molecule has 2 N–H and O–H groups in total. The van der Waals surface area contributed by atoms with Gasteiger partial charge in [0.1, 0.15) is 6.04 Å². The molecule has 1 fully saturated rings. The number of nitrogens with one attached hydrogen (secondary N) is 1. The van der Waals surface area contributed by atoms with E-state index < -0.39 is 12.1 Å². The van der Waals surface area contributed by atoms with Gasteiger partial charge in [0.25, 0.3) is 0 Å². The highest BCUT2D eigenvalue weighted by Crippen LogP contribution is 2.20. The summed E-state index contributed by atoms with van der Waals surface area (Å²) < 4.78 is 0. The highest BCUT2D eigenvalue weighted by molar-refractivity contribution is 5.97. The highest BCUT2D eigenvalue weighted by Gasteiger charge is 2.38. The molecule has 0 spiro atoms. The Balaban J connectivity index is 1.72. The number of piperazine rings is 1. The Labute approximate surface area is 169 Å². The van der Waals surface area contributed by atoms with Crippen molar-refractivity contribution in [2.45, 2.75) is 26.3 Å². The van der Waals surface area contributed by atoms with Crippen molar-refractivity contribution in [3.8, 4) is 0 Å². The van der Waals surface area contributed by atoms with E-state index in [0.29, 0.717) is 0 Å². The highest BCUT2D eigenvalue weighted by atomic mass is 16.4. The van der Waals surface area contributed by atoms with Gasteiger partial charge in [-0.1, -0.05) is 48.5 Å². The van der Waals surface area contributed by atoms with Crippen molar-refractivity contribution in [2.24, 2.45) is 0 Å². The normalized spacial score (nSPS) is 16.6. The first-order valence-electron chi connectivity index (χ1n) is 9.55. The van der Waals surface area contributed by atoms with Crippen LogP contribution in [0.15, 0.2) is 48.5 Å². The van der Waals surface area contributed by atoms with E-state index in [1.807, 2.05) is 62.4 Å². The van der Waals surface area contributed by atoms with Gasteiger partial charge in [-0.05, 0) is 30.5 Å². The lowest BCUT2D eigenvalue weighted by Crippen LogP contribution is -2.60. The summed E-state index contributed by atoms with van der Waals surface area (Å²) in [5, 5.41) is 12.4. The minimum Gasteiger partial charge on any atom is -0.465 e. The molecule has 1 unspecified atom stereocenters. The van der Waals surface area contributed by atoms with E-state index in [2.05, 4.69) is 5.32 Å². The minimum atomic E-state index is -1.13. The second kappa shape index (κ2) is 8.77. The smallest absolute Gasteiger partial charge is 0.408 e. The number of aryl methyl sites for hydroxylation is 2. The molecule has 0 saturated carbocycles. The number of amides is 3. The third kappa shape index (κ3) is 4.74. The zero-order chi connectivity index (χ0) is 21.0. The fourth-order valence-electron chi connectivity index (χ4n) is 3.62. The standard InChI is InChI=1S/C22H25N3O4/c1-15-7-6-8-16(2)20(15)23-19(26)14-24-11-12-25(22(28)29)18(21(24)27)13-17-9-4-3-5-10-17/h3-10,18H,11-14H2,1-2H3,(H,23,26)(H,28,29). The molecule has 1 aliphatic rings. The van der Waals surface area contributed by atoms with E-state index in [9.17, 15) is 19.5 Å². The number of benzene rings is 2. The van der Waals surface area contributed by atoms with E-state index in [4.69, 9.17) is 0 Å². The largest absolute Gasteiger partial charge is 0.465 e. The van der Waals surface area contributed by atoms with Crippen LogP contribution in [0.3, 0.4) is 0 Å². The molecule has 7 nitrogen and oxygen atoms in total. The van der Waals surface area contributed by atoms with Gasteiger partial charge in [0, 0.05) is 25.2 Å². The Hall–Kier alpha value is -3.35. The van der Waals surface area contributed by atoms with Crippen molar-refractivity contribution in [3.63, 3.8) is 0 Å². The zero-order valence-electron chi connectivity index (χ0n) is 16.6. The van der Waals surface area contributed by atoms with Crippen LogP contribution in [0.5, 0.6) is 0 Å². The Morgan fingerprint density at radius 3 is 2.31 bits per heavy atom. The number of nitrogens with zero attached hydrogens (tertiary/aromatic N) is 2. The molecule has 1 aliphatic heterocycles. The SMILES string of the molecule is Cc1cccc(C)c1NC(=O)CN1CCN(C(=O)O)C(Cc2ccccc2)C1=O. The van der Waals surface area contributed by atoms with Crippen molar-refractivity contribution in [1.29, 1.82) is 0 Å². The maximum Gasteiger partial charge on any atom is 0.408 e. The van der Waals surface area contributed by atoms with Crippen molar-refractivity contribution < 1.29 is 19.5 Å². The molecular formula is C22H25N3O4. The summed E-state index contributed by atoms with van der Waals surface area (Å²) in [7, 11) is 0. The van der Waals surface area contributed by atoms with Gasteiger partial charge in [-0.2, -0.15) is 0 Å². The average Bonchev–Trinajstić information content (AvgIpc) is 2.68. The minimum absolute atomic E-state index is 0.106. The first-order chi connectivity index (χ1) is 13.9. The van der Waals surface area contributed by atoms with Gasteiger partial charge in [0.05, 0.1) is 6.54 Å². The number of hydrogen-bond acceptors (Lipinski definition) is 3. The van der Waals surface area contributed by atoms with Crippen LogP contribution in [0.25, 0.3) is 0 Å². The fourth-order valence-corrected chi connectivity index (χ4v) is 3.62. The van der Waals surface area contributed by atoms with Crippen LogP contribution in [0.4, 0.5) is 10.5 Å². The molecule has 1 saturated heterocycles. The zero-order valence-corrected chi connectivity index (χ0v) is 16.6. The molecule has 0 aliphatic carbocycles. The first-order valence-corrected chi connectivity index (χ1v) is 9.55. The van der Waals surface area contributed by atoms with Gasteiger partial charge in [0.2, 0.25) is 11.8 Å².